The Hall–Kier alpha value is -2.17. The maximum atomic E-state index is 5.70. The topological polar surface area (TPSA) is 48.1 Å². The summed E-state index contributed by atoms with van der Waals surface area (Å²) in [5.74, 6) is 0.886. The zero-order valence-corrected chi connectivity index (χ0v) is 13.3. The van der Waals surface area contributed by atoms with Gasteiger partial charge in [-0.2, -0.15) is 0 Å². The van der Waals surface area contributed by atoms with Gasteiger partial charge >= 0.3 is 0 Å². The molecule has 0 aliphatic carbocycles. The normalized spacial score (nSPS) is 10.6. The number of aromatic nitrogens is 1. The van der Waals surface area contributed by atoms with E-state index in [1.165, 1.54) is 0 Å². The van der Waals surface area contributed by atoms with Crippen LogP contribution >= 0.6 is 11.3 Å². The van der Waals surface area contributed by atoms with E-state index in [0.717, 1.165) is 33.1 Å². The van der Waals surface area contributed by atoms with Crippen molar-refractivity contribution in [1.29, 1.82) is 0 Å². The van der Waals surface area contributed by atoms with Gasteiger partial charge < -0.3 is 10.5 Å². The van der Waals surface area contributed by atoms with Gasteiger partial charge in [0.1, 0.15) is 10.8 Å². The molecule has 3 aromatic rings. The van der Waals surface area contributed by atoms with Crippen LogP contribution in [-0.2, 0) is 6.54 Å². The van der Waals surface area contributed by atoms with E-state index in [1.807, 2.05) is 43.3 Å². The number of rotatable bonds is 5. The van der Waals surface area contributed by atoms with Crippen molar-refractivity contribution in [2.45, 2.75) is 13.5 Å². The Balaban J connectivity index is 1.86. The van der Waals surface area contributed by atoms with Crippen molar-refractivity contribution in [3.8, 4) is 27.6 Å². The van der Waals surface area contributed by atoms with Crippen LogP contribution in [0.4, 0.5) is 0 Å². The molecule has 2 aromatic carbocycles. The number of nitrogens with two attached hydrogens (primary N) is 1. The van der Waals surface area contributed by atoms with Gasteiger partial charge in [0.2, 0.25) is 0 Å². The lowest BCUT2D eigenvalue weighted by atomic mass is 10.1. The number of hydrogen-bond acceptors (Lipinski definition) is 4. The van der Waals surface area contributed by atoms with Gasteiger partial charge in [-0.1, -0.05) is 18.2 Å². The van der Waals surface area contributed by atoms with Gasteiger partial charge in [-0.05, 0) is 42.8 Å². The first kappa shape index (κ1) is 14.8. The molecule has 0 saturated carbocycles. The molecule has 0 spiro atoms. The Morgan fingerprint density at radius 3 is 2.64 bits per heavy atom. The largest absolute Gasteiger partial charge is 0.494 e. The van der Waals surface area contributed by atoms with E-state index in [4.69, 9.17) is 15.5 Å². The summed E-state index contributed by atoms with van der Waals surface area (Å²) in [6, 6.07) is 16.3. The molecule has 1 aromatic heterocycles. The smallest absolute Gasteiger partial charge is 0.124 e. The average molecular weight is 310 g/mol. The van der Waals surface area contributed by atoms with Crippen molar-refractivity contribution in [2.75, 3.05) is 6.61 Å². The van der Waals surface area contributed by atoms with E-state index in [-0.39, 0.29) is 0 Å². The molecular weight excluding hydrogens is 292 g/mol. The third-order valence-corrected chi connectivity index (χ3v) is 4.27. The van der Waals surface area contributed by atoms with Crippen molar-refractivity contribution >= 4 is 11.3 Å². The van der Waals surface area contributed by atoms with Crippen LogP contribution in [0, 0.1) is 0 Å². The van der Waals surface area contributed by atoms with Gasteiger partial charge in [-0.3, -0.25) is 0 Å². The molecule has 0 bridgehead atoms. The minimum Gasteiger partial charge on any atom is -0.494 e. The average Bonchev–Trinajstić information content (AvgIpc) is 3.06. The molecule has 0 unspecified atom stereocenters. The standard InChI is InChI=1S/C18H18N2OS/c1-2-21-16-8-6-14(7-9-16)17-12-22-18(20-17)15-5-3-4-13(10-15)11-19/h3-10,12H,2,11,19H2,1H3. The molecule has 0 aliphatic rings. The van der Waals surface area contributed by atoms with Crippen molar-refractivity contribution in [3.63, 3.8) is 0 Å². The quantitative estimate of drug-likeness (QED) is 0.763. The molecule has 112 valence electrons. The van der Waals surface area contributed by atoms with Gasteiger partial charge in [-0.15, -0.1) is 11.3 Å². The maximum absolute atomic E-state index is 5.70. The number of hydrogen-bond donors (Lipinski definition) is 1. The maximum Gasteiger partial charge on any atom is 0.124 e. The Kier molecular flexibility index (Phi) is 4.51. The van der Waals surface area contributed by atoms with Crippen LogP contribution in [-0.4, -0.2) is 11.6 Å². The molecule has 0 fully saturated rings. The van der Waals surface area contributed by atoms with Crippen LogP contribution in [0.3, 0.4) is 0 Å². The van der Waals surface area contributed by atoms with E-state index in [2.05, 4.69) is 17.5 Å². The molecule has 4 heteroatoms. The minimum atomic E-state index is 0.547. The second-order valence-corrected chi connectivity index (χ2v) is 5.76. The number of benzene rings is 2. The van der Waals surface area contributed by atoms with Gasteiger partial charge in [0.05, 0.1) is 12.3 Å². The zero-order chi connectivity index (χ0) is 15.4. The number of thiazole rings is 1. The van der Waals surface area contributed by atoms with Crippen LogP contribution in [0.25, 0.3) is 21.8 Å². The first-order chi connectivity index (χ1) is 10.8. The lowest BCUT2D eigenvalue weighted by Crippen LogP contribution is -1.95. The lowest BCUT2D eigenvalue weighted by molar-refractivity contribution is 0.340. The molecule has 0 aliphatic heterocycles. The van der Waals surface area contributed by atoms with Crippen molar-refractivity contribution < 1.29 is 4.74 Å². The summed E-state index contributed by atoms with van der Waals surface area (Å²) in [5, 5.41) is 3.10. The van der Waals surface area contributed by atoms with E-state index in [9.17, 15) is 0 Å². The predicted octanol–water partition coefficient (Wildman–Crippen LogP) is 4.33. The van der Waals surface area contributed by atoms with Crippen molar-refractivity contribution in [2.24, 2.45) is 5.73 Å². The first-order valence-corrected chi connectivity index (χ1v) is 8.16. The Labute approximate surface area is 134 Å². The highest BCUT2D eigenvalue weighted by Gasteiger charge is 2.07. The molecule has 3 rings (SSSR count). The summed E-state index contributed by atoms with van der Waals surface area (Å²) in [6.45, 7) is 3.21. The molecule has 0 atom stereocenters. The van der Waals surface area contributed by atoms with Crippen molar-refractivity contribution in [3.05, 3.63) is 59.5 Å². The van der Waals surface area contributed by atoms with Crippen molar-refractivity contribution in [1.82, 2.24) is 4.98 Å². The number of ether oxygens (including phenoxy) is 1. The third kappa shape index (κ3) is 3.18. The van der Waals surface area contributed by atoms with E-state index >= 15 is 0 Å². The minimum absolute atomic E-state index is 0.547. The summed E-state index contributed by atoms with van der Waals surface area (Å²) < 4.78 is 5.47. The van der Waals surface area contributed by atoms with E-state index < -0.39 is 0 Å². The predicted molar refractivity (Wildman–Crippen MR) is 92.0 cm³/mol. The summed E-state index contributed by atoms with van der Waals surface area (Å²) in [7, 11) is 0. The Bertz CT molecular complexity index is 750. The molecule has 3 nitrogen and oxygen atoms in total. The van der Waals surface area contributed by atoms with Crippen LogP contribution in [0.5, 0.6) is 5.75 Å². The summed E-state index contributed by atoms with van der Waals surface area (Å²) in [5.41, 5.74) is 10.0. The third-order valence-electron chi connectivity index (χ3n) is 3.37. The first-order valence-electron chi connectivity index (χ1n) is 7.28. The number of nitrogens with zero attached hydrogens (tertiary/aromatic N) is 1. The fourth-order valence-corrected chi connectivity index (χ4v) is 3.08. The Morgan fingerprint density at radius 2 is 1.91 bits per heavy atom. The van der Waals surface area contributed by atoms with Gasteiger partial charge in [0, 0.05) is 23.1 Å². The summed E-state index contributed by atoms with van der Waals surface area (Å²) in [4.78, 5) is 4.74. The molecule has 0 radical (unpaired) electrons. The molecule has 0 saturated heterocycles. The van der Waals surface area contributed by atoms with Crippen LogP contribution < -0.4 is 10.5 Å². The van der Waals surface area contributed by atoms with Crippen LogP contribution in [0.2, 0.25) is 0 Å². The SMILES string of the molecule is CCOc1ccc(-c2csc(-c3cccc(CN)c3)n2)cc1. The fraction of sp³-hybridized carbons (Fsp3) is 0.167. The highest BCUT2D eigenvalue weighted by Crippen LogP contribution is 2.30. The highest BCUT2D eigenvalue weighted by molar-refractivity contribution is 7.13. The van der Waals surface area contributed by atoms with Crippen LogP contribution in [0.1, 0.15) is 12.5 Å². The van der Waals surface area contributed by atoms with Crippen LogP contribution in [0.15, 0.2) is 53.9 Å². The summed E-state index contributed by atoms with van der Waals surface area (Å²) >= 11 is 1.65. The highest BCUT2D eigenvalue weighted by atomic mass is 32.1. The molecule has 0 amide bonds. The van der Waals surface area contributed by atoms with Gasteiger partial charge in [0.25, 0.3) is 0 Å². The van der Waals surface area contributed by atoms with Gasteiger partial charge in [-0.25, -0.2) is 4.98 Å². The molecule has 2 N–H and O–H groups in total. The fourth-order valence-electron chi connectivity index (χ4n) is 2.26. The summed E-state index contributed by atoms with van der Waals surface area (Å²) in [6.07, 6.45) is 0. The second kappa shape index (κ2) is 6.73. The second-order valence-electron chi connectivity index (χ2n) is 4.90. The van der Waals surface area contributed by atoms with E-state index in [0.29, 0.717) is 13.2 Å². The molecule has 1 heterocycles. The molecule has 22 heavy (non-hydrogen) atoms. The monoisotopic (exact) mass is 310 g/mol. The molecular formula is C18H18N2OS. The van der Waals surface area contributed by atoms with E-state index in [1.54, 1.807) is 11.3 Å². The lowest BCUT2D eigenvalue weighted by Gasteiger charge is -2.03. The van der Waals surface area contributed by atoms with Gasteiger partial charge in [0.15, 0.2) is 0 Å². The Morgan fingerprint density at radius 1 is 1.09 bits per heavy atom. The zero-order valence-electron chi connectivity index (χ0n) is 12.5.